The minimum absolute atomic E-state index is 0.0767. The van der Waals surface area contributed by atoms with Gasteiger partial charge in [-0.3, -0.25) is 19.3 Å². The maximum atomic E-state index is 13.2. The molecule has 3 amide bonds. The van der Waals surface area contributed by atoms with Crippen molar-refractivity contribution in [3.8, 4) is 0 Å². The lowest BCUT2D eigenvalue weighted by molar-refractivity contribution is -0.126. The number of anilines is 1. The Kier molecular flexibility index (Phi) is 7.88. The lowest BCUT2D eigenvalue weighted by Crippen LogP contribution is -2.46. The van der Waals surface area contributed by atoms with E-state index in [4.69, 9.17) is 4.99 Å². The van der Waals surface area contributed by atoms with Crippen LogP contribution in [0.2, 0.25) is 0 Å². The second-order valence-electron chi connectivity index (χ2n) is 9.41. The molecule has 0 radical (unpaired) electrons. The van der Waals surface area contributed by atoms with Gasteiger partial charge in [0.15, 0.2) is 5.17 Å². The van der Waals surface area contributed by atoms with Gasteiger partial charge in [0.25, 0.3) is 5.91 Å². The number of nitrogens with one attached hydrogen (secondary N) is 2. The van der Waals surface area contributed by atoms with Crippen LogP contribution >= 0.6 is 11.8 Å². The molecule has 2 unspecified atom stereocenters. The Morgan fingerprint density at radius 3 is 2.54 bits per heavy atom. The molecule has 9 heteroatoms. The number of para-hydroxylation sites is 1. The standard InChI is InChI=1S/C30H29N5O3S/c1-3-25(29(38)32-21-13-9-10-19(2)16-21)39-30-33-23-15-8-7-14-22(23)27-34-28(37)24(35(27)30)17-26(36)31-18-20-11-5-4-6-12-20/h4-16,24-25H,3,17-18H2,1-2H3,(H,31,36)(H,32,38). The van der Waals surface area contributed by atoms with E-state index in [9.17, 15) is 14.4 Å². The van der Waals surface area contributed by atoms with Crippen LogP contribution in [0, 0.1) is 6.92 Å². The van der Waals surface area contributed by atoms with Crippen molar-refractivity contribution >= 4 is 51.9 Å². The zero-order chi connectivity index (χ0) is 27.4. The van der Waals surface area contributed by atoms with Crippen LogP contribution in [0.5, 0.6) is 0 Å². The summed E-state index contributed by atoms with van der Waals surface area (Å²) in [5, 5.41) is 5.89. The molecule has 2 heterocycles. The van der Waals surface area contributed by atoms with Gasteiger partial charge in [0.05, 0.1) is 17.4 Å². The molecule has 5 rings (SSSR count). The highest BCUT2D eigenvalue weighted by atomic mass is 32.2. The number of benzene rings is 3. The van der Waals surface area contributed by atoms with E-state index in [1.165, 1.54) is 11.8 Å². The summed E-state index contributed by atoms with van der Waals surface area (Å²) in [7, 11) is 0. The van der Waals surface area contributed by atoms with E-state index in [0.717, 1.165) is 22.4 Å². The van der Waals surface area contributed by atoms with Gasteiger partial charge in [-0.25, -0.2) is 4.99 Å². The molecule has 0 aliphatic carbocycles. The van der Waals surface area contributed by atoms with Gasteiger partial charge in [0, 0.05) is 17.8 Å². The summed E-state index contributed by atoms with van der Waals surface area (Å²) in [6, 6.07) is 23.8. The van der Waals surface area contributed by atoms with Gasteiger partial charge in [0.2, 0.25) is 11.8 Å². The van der Waals surface area contributed by atoms with Crippen LogP contribution in [0.1, 0.15) is 36.5 Å². The lowest BCUT2D eigenvalue weighted by atomic mass is 10.1. The Hall–Kier alpha value is -4.24. The van der Waals surface area contributed by atoms with Crippen molar-refractivity contribution in [2.45, 2.75) is 44.5 Å². The normalized spacial score (nSPS) is 16.5. The summed E-state index contributed by atoms with van der Waals surface area (Å²) in [6.07, 6.45) is 0.464. The van der Waals surface area contributed by atoms with Crippen LogP contribution in [-0.2, 0) is 20.9 Å². The van der Waals surface area contributed by atoms with Gasteiger partial charge in [-0.2, -0.15) is 4.99 Å². The van der Waals surface area contributed by atoms with Gasteiger partial charge in [-0.15, -0.1) is 0 Å². The SMILES string of the molecule is CCC(SC1=Nc2ccccc2C2=NC(=O)C(CC(=O)NCc3ccccc3)N12)C(=O)Nc1cccc(C)c1. The van der Waals surface area contributed by atoms with Crippen LogP contribution in [0.25, 0.3) is 0 Å². The van der Waals surface area contributed by atoms with Crippen molar-refractivity contribution in [3.63, 3.8) is 0 Å². The predicted octanol–water partition coefficient (Wildman–Crippen LogP) is 4.81. The Bertz CT molecular complexity index is 1470. The first kappa shape index (κ1) is 26.4. The van der Waals surface area contributed by atoms with Gasteiger partial charge in [-0.05, 0) is 48.7 Å². The van der Waals surface area contributed by atoms with Crippen molar-refractivity contribution in [2.24, 2.45) is 9.98 Å². The molecule has 198 valence electrons. The molecule has 0 bridgehead atoms. The topological polar surface area (TPSA) is 103 Å². The van der Waals surface area contributed by atoms with Gasteiger partial charge in [0.1, 0.15) is 11.9 Å². The molecule has 8 nitrogen and oxygen atoms in total. The van der Waals surface area contributed by atoms with E-state index in [2.05, 4.69) is 15.6 Å². The van der Waals surface area contributed by atoms with Crippen LogP contribution in [0.4, 0.5) is 11.4 Å². The molecular weight excluding hydrogens is 510 g/mol. The number of nitrogens with zero attached hydrogens (tertiary/aromatic N) is 3. The minimum Gasteiger partial charge on any atom is -0.352 e. The highest BCUT2D eigenvalue weighted by Gasteiger charge is 2.43. The minimum atomic E-state index is -0.840. The third kappa shape index (κ3) is 5.93. The van der Waals surface area contributed by atoms with Crippen LogP contribution < -0.4 is 10.6 Å². The van der Waals surface area contributed by atoms with Crippen LogP contribution in [0.3, 0.4) is 0 Å². The molecule has 2 aliphatic heterocycles. The molecule has 0 spiro atoms. The maximum absolute atomic E-state index is 13.2. The Labute approximate surface area is 231 Å². The highest BCUT2D eigenvalue weighted by molar-refractivity contribution is 8.15. The Morgan fingerprint density at radius 1 is 1.00 bits per heavy atom. The molecule has 3 aromatic rings. The number of hydrogen-bond acceptors (Lipinski definition) is 6. The Balaban J connectivity index is 1.37. The molecular formula is C30H29N5O3S. The number of amidine groups is 2. The second-order valence-corrected chi connectivity index (χ2v) is 10.6. The van der Waals surface area contributed by atoms with Crippen LogP contribution in [0.15, 0.2) is 88.8 Å². The fraction of sp³-hybridized carbons (Fsp3) is 0.233. The van der Waals surface area contributed by atoms with E-state index in [1.54, 1.807) is 4.90 Å². The van der Waals surface area contributed by atoms with E-state index in [1.807, 2.05) is 92.7 Å². The number of fused-ring (bicyclic) bond motifs is 3. The first-order valence-electron chi connectivity index (χ1n) is 12.9. The summed E-state index contributed by atoms with van der Waals surface area (Å²) in [5.74, 6) is -0.359. The maximum Gasteiger partial charge on any atom is 0.271 e. The molecule has 0 fully saturated rings. The summed E-state index contributed by atoms with van der Waals surface area (Å²) >= 11 is 1.28. The van der Waals surface area contributed by atoms with Crippen molar-refractivity contribution in [1.29, 1.82) is 0 Å². The molecule has 0 saturated heterocycles. The second kappa shape index (κ2) is 11.7. The highest BCUT2D eigenvalue weighted by Crippen LogP contribution is 2.36. The fourth-order valence-electron chi connectivity index (χ4n) is 4.52. The van der Waals surface area contributed by atoms with E-state index >= 15 is 0 Å². The molecule has 2 atom stereocenters. The van der Waals surface area contributed by atoms with E-state index < -0.39 is 17.2 Å². The molecule has 0 saturated carbocycles. The average Bonchev–Trinajstić information content (AvgIpc) is 3.27. The molecule has 2 N–H and O–H groups in total. The van der Waals surface area contributed by atoms with Crippen molar-refractivity contribution in [1.82, 2.24) is 10.2 Å². The number of rotatable bonds is 8. The van der Waals surface area contributed by atoms with Crippen molar-refractivity contribution in [3.05, 3.63) is 95.6 Å². The number of aliphatic imine (C=N–C) groups is 2. The number of carbonyl (C=O) groups excluding carboxylic acids is 3. The largest absolute Gasteiger partial charge is 0.352 e. The molecule has 39 heavy (non-hydrogen) atoms. The predicted molar refractivity (Wildman–Crippen MR) is 155 cm³/mol. The van der Waals surface area contributed by atoms with E-state index in [0.29, 0.717) is 29.7 Å². The number of hydrogen-bond donors (Lipinski definition) is 2. The average molecular weight is 540 g/mol. The third-order valence-electron chi connectivity index (χ3n) is 6.52. The summed E-state index contributed by atoms with van der Waals surface area (Å²) in [6.45, 7) is 4.27. The van der Waals surface area contributed by atoms with Crippen LogP contribution in [-0.4, -0.2) is 44.9 Å². The number of carbonyl (C=O) groups is 3. The lowest BCUT2D eigenvalue weighted by Gasteiger charge is -2.32. The van der Waals surface area contributed by atoms with Gasteiger partial charge >= 0.3 is 0 Å². The van der Waals surface area contributed by atoms with Crippen molar-refractivity contribution < 1.29 is 14.4 Å². The zero-order valence-corrected chi connectivity index (χ0v) is 22.6. The monoisotopic (exact) mass is 539 g/mol. The Morgan fingerprint density at radius 2 is 1.77 bits per heavy atom. The number of thioether (sulfide) groups is 1. The fourth-order valence-corrected chi connectivity index (χ4v) is 5.59. The summed E-state index contributed by atoms with van der Waals surface area (Å²) in [4.78, 5) is 50.2. The zero-order valence-electron chi connectivity index (χ0n) is 21.8. The summed E-state index contributed by atoms with van der Waals surface area (Å²) < 4.78 is 0. The quantitative estimate of drug-likeness (QED) is 0.428. The van der Waals surface area contributed by atoms with Crippen molar-refractivity contribution in [2.75, 3.05) is 5.32 Å². The molecule has 0 aromatic heterocycles. The first-order chi connectivity index (χ1) is 18.9. The van der Waals surface area contributed by atoms with Gasteiger partial charge < -0.3 is 10.6 Å². The molecule has 3 aromatic carbocycles. The summed E-state index contributed by atoms with van der Waals surface area (Å²) in [5.41, 5.74) is 4.13. The number of amides is 3. The first-order valence-corrected chi connectivity index (χ1v) is 13.8. The van der Waals surface area contributed by atoms with Gasteiger partial charge in [-0.1, -0.05) is 73.3 Å². The number of aryl methyl sites for hydroxylation is 1. The smallest absolute Gasteiger partial charge is 0.271 e. The third-order valence-corrected chi connectivity index (χ3v) is 7.85. The van der Waals surface area contributed by atoms with E-state index in [-0.39, 0.29) is 18.2 Å². The molecule has 2 aliphatic rings.